The molecule has 0 radical (unpaired) electrons. The number of fused-ring (bicyclic) bond motifs is 3. The van der Waals surface area contributed by atoms with Crippen molar-refractivity contribution in [3.63, 3.8) is 0 Å². The molecule has 2 N–H and O–H groups in total. The maximum Gasteiger partial charge on any atom is 0.180 e. The molecule has 0 amide bonds. The van der Waals surface area contributed by atoms with E-state index in [1.807, 2.05) is 52.1 Å². The lowest BCUT2D eigenvalue weighted by Crippen LogP contribution is -2.39. The monoisotopic (exact) mass is 438 g/mol. The average molecular weight is 439 g/mol. The summed E-state index contributed by atoms with van der Waals surface area (Å²) in [7, 11) is -2.91. The third-order valence-corrected chi connectivity index (χ3v) is 10.1. The second kappa shape index (κ2) is 7.98. The van der Waals surface area contributed by atoms with Crippen LogP contribution in [0.2, 0.25) is 0 Å². The van der Waals surface area contributed by atoms with E-state index in [1.54, 1.807) is 0 Å². The molecule has 1 aromatic carbocycles. The maximum atomic E-state index is 14.8. The van der Waals surface area contributed by atoms with Crippen LogP contribution in [0.25, 0.3) is 22.3 Å². The molecule has 3 aromatic rings. The molecule has 0 spiro atoms. The standard InChI is InChI=1S/C25H31N2O3P/c1-18-15-22-20-7-10-27(12-14-29)17-24(20)31(30,25(2,3)4)23(22)16-21(18)19-5-8-26(9-6-19)11-13-28/h5-10,15-17,28-29H,11-14H2,1-4H3/q+2. The lowest BCUT2D eigenvalue weighted by molar-refractivity contribution is -0.698. The highest BCUT2D eigenvalue weighted by Crippen LogP contribution is 2.62. The highest BCUT2D eigenvalue weighted by molar-refractivity contribution is 7.81. The van der Waals surface area contributed by atoms with Crippen molar-refractivity contribution in [3.05, 3.63) is 60.7 Å². The van der Waals surface area contributed by atoms with Crippen LogP contribution in [-0.4, -0.2) is 28.6 Å². The van der Waals surface area contributed by atoms with Crippen molar-refractivity contribution in [2.24, 2.45) is 0 Å². The topological polar surface area (TPSA) is 65.3 Å². The van der Waals surface area contributed by atoms with E-state index in [1.165, 1.54) is 0 Å². The molecule has 0 bridgehead atoms. The third kappa shape index (κ3) is 3.55. The molecule has 3 heterocycles. The van der Waals surface area contributed by atoms with Gasteiger partial charge in [0.05, 0.1) is 5.30 Å². The fourth-order valence-electron chi connectivity index (χ4n) is 4.50. The Bertz CT molecular complexity index is 1180. The molecule has 1 aliphatic heterocycles. The van der Waals surface area contributed by atoms with Gasteiger partial charge in [-0.05, 0) is 35.2 Å². The van der Waals surface area contributed by atoms with E-state index in [0.29, 0.717) is 13.1 Å². The van der Waals surface area contributed by atoms with Crippen LogP contribution in [0.15, 0.2) is 55.1 Å². The number of aryl methyl sites for hydroxylation is 1. The minimum atomic E-state index is -2.91. The molecular weight excluding hydrogens is 407 g/mol. The molecular formula is C25H31N2O3P+2. The summed E-state index contributed by atoms with van der Waals surface area (Å²) < 4.78 is 18.6. The summed E-state index contributed by atoms with van der Waals surface area (Å²) in [6.45, 7) is 9.44. The van der Waals surface area contributed by atoms with Gasteiger partial charge in [0.1, 0.15) is 13.2 Å². The zero-order valence-corrected chi connectivity index (χ0v) is 19.6. The molecule has 0 fully saturated rings. The van der Waals surface area contributed by atoms with Gasteiger partial charge >= 0.3 is 0 Å². The summed E-state index contributed by atoms with van der Waals surface area (Å²) in [6.07, 6.45) is 7.85. The van der Waals surface area contributed by atoms with Gasteiger partial charge in [-0.1, -0.05) is 26.8 Å². The Kier molecular flexibility index (Phi) is 5.63. The summed E-state index contributed by atoms with van der Waals surface area (Å²) in [5, 5.41) is 19.9. The molecule has 162 valence electrons. The molecule has 1 unspecified atom stereocenters. The molecule has 1 atom stereocenters. The number of pyridine rings is 2. The van der Waals surface area contributed by atoms with Crippen LogP contribution in [0.5, 0.6) is 0 Å². The second-order valence-electron chi connectivity index (χ2n) is 9.22. The van der Waals surface area contributed by atoms with Crippen LogP contribution >= 0.6 is 7.14 Å². The van der Waals surface area contributed by atoms with Gasteiger partial charge in [0, 0.05) is 34.2 Å². The normalized spacial score (nSPS) is 17.5. The van der Waals surface area contributed by atoms with E-state index in [0.717, 1.165) is 38.4 Å². The minimum absolute atomic E-state index is 0.0454. The molecule has 0 saturated carbocycles. The van der Waals surface area contributed by atoms with Crippen molar-refractivity contribution in [3.8, 4) is 22.3 Å². The van der Waals surface area contributed by atoms with Crippen LogP contribution in [0, 0.1) is 6.92 Å². The lowest BCUT2D eigenvalue weighted by Gasteiger charge is -2.29. The Balaban J connectivity index is 1.92. The number of benzene rings is 1. The predicted molar refractivity (Wildman–Crippen MR) is 123 cm³/mol. The molecule has 6 heteroatoms. The number of hydrogen-bond acceptors (Lipinski definition) is 3. The molecule has 4 rings (SSSR count). The number of nitrogens with zero attached hydrogens (tertiary/aromatic N) is 2. The SMILES string of the molecule is Cc1cc2c(cc1-c1cc[n+](CCO)cc1)P(=O)(C(C)(C)C)c1c[n+](CCO)ccc1-2. The van der Waals surface area contributed by atoms with E-state index in [4.69, 9.17) is 5.11 Å². The number of aliphatic hydroxyl groups is 2. The van der Waals surface area contributed by atoms with Gasteiger partial charge in [-0.25, -0.2) is 9.13 Å². The van der Waals surface area contributed by atoms with E-state index >= 15 is 0 Å². The number of aromatic nitrogens is 2. The highest BCUT2D eigenvalue weighted by atomic mass is 31.2. The van der Waals surface area contributed by atoms with Crippen molar-refractivity contribution >= 4 is 17.8 Å². The third-order valence-electron chi connectivity index (χ3n) is 6.17. The van der Waals surface area contributed by atoms with Crippen molar-refractivity contribution in [2.75, 3.05) is 13.2 Å². The Morgan fingerprint density at radius 1 is 0.839 bits per heavy atom. The largest absolute Gasteiger partial charge is 0.390 e. The molecule has 0 aliphatic carbocycles. The first-order chi connectivity index (χ1) is 14.7. The summed E-state index contributed by atoms with van der Waals surface area (Å²) >= 11 is 0. The highest BCUT2D eigenvalue weighted by Gasteiger charge is 2.49. The first kappa shape index (κ1) is 21.9. The van der Waals surface area contributed by atoms with E-state index in [9.17, 15) is 9.67 Å². The molecule has 1 aliphatic rings. The Morgan fingerprint density at radius 2 is 1.45 bits per heavy atom. The first-order valence-corrected chi connectivity index (χ1v) is 12.4. The Labute approximate surface area is 184 Å². The fourth-order valence-corrected chi connectivity index (χ4v) is 7.88. The fraction of sp³-hybridized carbons (Fsp3) is 0.360. The van der Waals surface area contributed by atoms with Crippen molar-refractivity contribution in [2.45, 2.75) is 45.9 Å². The van der Waals surface area contributed by atoms with Crippen LogP contribution in [-0.2, 0) is 17.7 Å². The van der Waals surface area contributed by atoms with Crippen LogP contribution in [0.1, 0.15) is 26.3 Å². The summed E-state index contributed by atoms with van der Waals surface area (Å²) in [4.78, 5) is 0. The zero-order valence-electron chi connectivity index (χ0n) is 18.7. The average Bonchev–Trinajstić information content (AvgIpc) is 2.97. The number of aliphatic hydroxyl groups excluding tert-OH is 2. The van der Waals surface area contributed by atoms with E-state index in [2.05, 4.69) is 39.8 Å². The quantitative estimate of drug-likeness (QED) is 0.475. The second-order valence-corrected chi connectivity index (χ2v) is 12.7. The number of rotatable bonds is 5. The van der Waals surface area contributed by atoms with Crippen molar-refractivity contribution < 1.29 is 23.9 Å². The molecule has 31 heavy (non-hydrogen) atoms. The summed E-state index contributed by atoms with van der Waals surface area (Å²) in [5.41, 5.74) is 5.37. The first-order valence-electron chi connectivity index (χ1n) is 10.7. The Morgan fingerprint density at radius 3 is 2.06 bits per heavy atom. The van der Waals surface area contributed by atoms with Gasteiger partial charge in [-0.3, -0.25) is 0 Å². The Hall–Kier alpha value is -2.33. The van der Waals surface area contributed by atoms with Gasteiger partial charge in [0.25, 0.3) is 0 Å². The van der Waals surface area contributed by atoms with Crippen LogP contribution in [0.4, 0.5) is 0 Å². The predicted octanol–water partition coefficient (Wildman–Crippen LogP) is 2.31. The van der Waals surface area contributed by atoms with Gasteiger partial charge in [0.2, 0.25) is 0 Å². The van der Waals surface area contributed by atoms with E-state index in [-0.39, 0.29) is 13.2 Å². The van der Waals surface area contributed by atoms with Crippen molar-refractivity contribution in [1.29, 1.82) is 0 Å². The lowest BCUT2D eigenvalue weighted by atomic mass is 9.96. The maximum absolute atomic E-state index is 14.8. The molecule has 0 saturated heterocycles. The van der Waals surface area contributed by atoms with Crippen LogP contribution < -0.4 is 19.7 Å². The number of hydrogen-bond donors (Lipinski definition) is 2. The van der Waals surface area contributed by atoms with Crippen LogP contribution in [0.3, 0.4) is 0 Å². The molecule has 2 aromatic heterocycles. The van der Waals surface area contributed by atoms with Gasteiger partial charge in [0.15, 0.2) is 45.0 Å². The van der Waals surface area contributed by atoms with Crippen molar-refractivity contribution in [1.82, 2.24) is 0 Å². The zero-order chi connectivity index (χ0) is 22.4. The summed E-state index contributed by atoms with van der Waals surface area (Å²) in [6, 6.07) is 10.4. The summed E-state index contributed by atoms with van der Waals surface area (Å²) in [5.74, 6) is 0. The van der Waals surface area contributed by atoms with Gasteiger partial charge < -0.3 is 14.8 Å². The smallest absolute Gasteiger partial charge is 0.180 e. The minimum Gasteiger partial charge on any atom is -0.390 e. The van der Waals surface area contributed by atoms with Gasteiger partial charge in [-0.15, -0.1) is 0 Å². The van der Waals surface area contributed by atoms with E-state index < -0.39 is 12.3 Å². The van der Waals surface area contributed by atoms with Gasteiger partial charge in [-0.2, -0.15) is 0 Å². The molecule has 5 nitrogen and oxygen atoms in total.